The number of aliphatic hydroxyl groups is 2. The lowest BCUT2D eigenvalue weighted by molar-refractivity contribution is 0.0167. The first-order valence-electron chi connectivity index (χ1n) is 6.35. The molecule has 100 valence electrons. The number of rotatable bonds is 5. The second kappa shape index (κ2) is 5.97. The molecule has 2 rings (SSSR count). The van der Waals surface area contributed by atoms with Crippen LogP contribution >= 0.6 is 0 Å². The van der Waals surface area contributed by atoms with Gasteiger partial charge in [0.05, 0.1) is 12.6 Å². The highest BCUT2D eigenvalue weighted by Crippen LogP contribution is 2.32. The molecular formula is C16H19NO2. The van der Waals surface area contributed by atoms with Crippen LogP contribution in [0.1, 0.15) is 11.1 Å². The van der Waals surface area contributed by atoms with Crippen molar-refractivity contribution in [1.29, 1.82) is 0 Å². The molecule has 0 unspecified atom stereocenters. The van der Waals surface area contributed by atoms with Gasteiger partial charge in [0, 0.05) is 0 Å². The standard InChI is InChI=1S/C16H19NO2/c1-17-15(12-18)16(19,13-8-4-2-5-9-13)14-10-6-3-7-11-14/h2-11,15,17-19H,12H2,1H3/t15-/m0/s1. The Kier molecular flexibility index (Phi) is 4.32. The van der Waals surface area contributed by atoms with E-state index in [0.717, 1.165) is 11.1 Å². The Bertz CT molecular complexity index is 455. The fourth-order valence-corrected chi connectivity index (χ4v) is 2.39. The summed E-state index contributed by atoms with van der Waals surface area (Å²) in [6.45, 7) is -0.156. The van der Waals surface area contributed by atoms with Crippen molar-refractivity contribution in [3.63, 3.8) is 0 Å². The van der Waals surface area contributed by atoms with E-state index in [-0.39, 0.29) is 6.61 Å². The molecule has 0 spiro atoms. The monoisotopic (exact) mass is 257 g/mol. The number of hydrogen-bond donors (Lipinski definition) is 3. The first-order valence-corrected chi connectivity index (χ1v) is 6.35. The van der Waals surface area contributed by atoms with Gasteiger partial charge >= 0.3 is 0 Å². The predicted octanol–water partition coefficient (Wildman–Crippen LogP) is 1.50. The van der Waals surface area contributed by atoms with E-state index in [1.165, 1.54) is 0 Å². The van der Waals surface area contributed by atoms with E-state index in [1.807, 2.05) is 60.7 Å². The maximum absolute atomic E-state index is 11.2. The average molecular weight is 257 g/mol. The van der Waals surface area contributed by atoms with Crippen LogP contribution in [0.3, 0.4) is 0 Å². The molecule has 3 N–H and O–H groups in total. The molecule has 3 heteroatoms. The van der Waals surface area contributed by atoms with E-state index in [0.29, 0.717) is 0 Å². The maximum atomic E-state index is 11.2. The quantitative estimate of drug-likeness (QED) is 0.761. The third-order valence-corrected chi connectivity index (χ3v) is 3.46. The minimum Gasteiger partial charge on any atom is -0.395 e. The highest BCUT2D eigenvalue weighted by atomic mass is 16.3. The molecule has 19 heavy (non-hydrogen) atoms. The third-order valence-electron chi connectivity index (χ3n) is 3.46. The Labute approximate surface area is 113 Å². The summed E-state index contributed by atoms with van der Waals surface area (Å²) < 4.78 is 0. The summed E-state index contributed by atoms with van der Waals surface area (Å²) in [5, 5.41) is 23.7. The molecular weight excluding hydrogens is 238 g/mol. The Morgan fingerprint density at radius 3 is 1.68 bits per heavy atom. The van der Waals surface area contributed by atoms with E-state index in [1.54, 1.807) is 7.05 Å². The Morgan fingerprint density at radius 2 is 1.37 bits per heavy atom. The highest BCUT2D eigenvalue weighted by molar-refractivity contribution is 5.38. The van der Waals surface area contributed by atoms with Crippen molar-refractivity contribution in [3.05, 3.63) is 71.8 Å². The molecule has 0 aliphatic heterocycles. The van der Waals surface area contributed by atoms with Gasteiger partial charge in [-0.1, -0.05) is 60.7 Å². The lowest BCUT2D eigenvalue weighted by Crippen LogP contribution is -2.50. The topological polar surface area (TPSA) is 52.5 Å². The first-order chi connectivity index (χ1) is 9.23. The van der Waals surface area contributed by atoms with Gasteiger partial charge in [0.1, 0.15) is 5.60 Å². The summed E-state index contributed by atoms with van der Waals surface area (Å²) >= 11 is 0. The van der Waals surface area contributed by atoms with Crippen LogP contribution in [0.15, 0.2) is 60.7 Å². The van der Waals surface area contributed by atoms with Gasteiger partial charge in [0.25, 0.3) is 0 Å². The Morgan fingerprint density at radius 1 is 0.947 bits per heavy atom. The van der Waals surface area contributed by atoms with Gasteiger partial charge in [0.2, 0.25) is 0 Å². The number of hydrogen-bond acceptors (Lipinski definition) is 3. The van der Waals surface area contributed by atoms with Crippen LogP contribution in [0.5, 0.6) is 0 Å². The van der Waals surface area contributed by atoms with E-state index in [4.69, 9.17) is 0 Å². The van der Waals surface area contributed by atoms with Gasteiger partial charge < -0.3 is 15.5 Å². The van der Waals surface area contributed by atoms with Crippen molar-refractivity contribution in [2.75, 3.05) is 13.7 Å². The van der Waals surface area contributed by atoms with Crippen LogP contribution in [0, 0.1) is 0 Å². The molecule has 0 aliphatic carbocycles. The first kappa shape index (κ1) is 13.7. The average Bonchev–Trinajstić information content (AvgIpc) is 2.50. The maximum Gasteiger partial charge on any atom is 0.132 e. The van der Waals surface area contributed by atoms with Crippen LogP contribution in [0.2, 0.25) is 0 Å². The molecule has 0 amide bonds. The fourth-order valence-electron chi connectivity index (χ4n) is 2.39. The Balaban J connectivity index is 2.57. The van der Waals surface area contributed by atoms with Crippen molar-refractivity contribution in [1.82, 2.24) is 5.32 Å². The zero-order valence-corrected chi connectivity index (χ0v) is 11.0. The molecule has 0 radical (unpaired) electrons. The van der Waals surface area contributed by atoms with E-state index < -0.39 is 11.6 Å². The fraction of sp³-hybridized carbons (Fsp3) is 0.250. The van der Waals surface area contributed by atoms with Crippen LogP contribution in [0.25, 0.3) is 0 Å². The minimum atomic E-state index is -1.26. The third kappa shape index (κ3) is 2.54. The van der Waals surface area contributed by atoms with Gasteiger partial charge in [-0.25, -0.2) is 0 Å². The van der Waals surface area contributed by atoms with Crippen molar-refractivity contribution in [3.8, 4) is 0 Å². The van der Waals surface area contributed by atoms with Gasteiger partial charge in [-0.05, 0) is 18.2 Å². The Hall–Kier alpha value is -1.68. The zero-order chi connectivity index (χ0) is 13.7. The molecule has 0 aliphatic rings. The van der Waals surface area contributed by atoms with Gasteiger partial charge in [-0.15, -0.1) is 0 Å². The number of aliphatic hydroxyl groups excluding tert-OH is 1. The highest BCUT2D eigenvalue weighted by Gasteiger charge is 2.38. The lowest BCUT2D eigenvalue weighted by atomic mass is 9.80. The number of benzene rings is 2. The smallest absolute Gasteiger partial charge is 0.132 e. The van der Waals surface area contributed by atoms with Gasteiger partial charge in [0.15, 0.2) is 0 Å². The molecule has 0 aromatic heterocycles. The second-order valence-corrected chi connectivity index (χ2v) is 4.52. The summed E-state index contributed by atoms with van der Waals surface area (Å²) in [5.74, 6) is 0. The lowest BCUT2D eigenvalue weighted by Gasteiger charge is -2.36. The number of likely N-dealkylation sites (N-methyl/N-ethyl adjacent to an activating group) is 1. The zero-order valence-electron chi connectivity index (χ0n) is 11.0. The molecule has 0 fully saturated rings. The van der Waals surface area contributed by atoms with Gasteiger partial charge in [-0.2, -0.15) is 0 Å². The predicted molar refractivity (Wildman–Crippen MR) is 75.8 cm³/mol. The van der Waals surface area contributed by atoms with Gasteiger partial charge in [-0.3, -0.25) is 0 Å². The summed E-state index contributed by atoms with van der Waals surface area (Å²) in [7, 11) is 1.73. The molecule has 2 aromatic rings. The molecule has 0 heterocycles. The van der Waals surface area contributed by atoms with E-state index in [2.05, 4.69) is 5.32 Å². The molecule has 3 nitrogen and oxygen atoms in total. The van der Waals surface area contributed by atoms with Crippen molar-refractivity contribution < 1.29 is 10.2 Å². The van der Waals surface area contributed by atoms with Crippen molar-refractivity contribution in [2.24, 2.45) is 0 Å². The summed E-state index contributed by atoms with van der Waals surface area (Å²) in [5.41, 5.74) is 0.260. The van der Waals surface area contributed by atoms with E-state index >= 15 is 0 Å². The molecule has 1 atom stereocenters. The molecule has 0 saturated carbocycles. The minimum absolute atomic E-state index is 0.156. The summed E-state index contributed by atoms with van der Waals surface area (Å²) in [4.78, 5) is 0. The SMILES string of the molecule is CN[C@@H](CO)C(O)(c1ccccc1)c1ccccc1. The second-order valence-electron chi connectivity index (χ2n) is 4.52. The van der Waals surface area contributed by atoms with E-state index in [9.17, 15) is 10.2 Å². The summed E-state index contributed by atoms with van der Waals surface area (Å²) in [6, 6.07) is 18.3. The molecule has 0 bridgehead atoms. The van der Waals surface area contributed by atoms with Crippen LogP contribution in [0.4, 0.5) is 0 Å². The van der Waals surface area contributed by atoms with Crippen molar-refractivity contribution >= 4 is 0 Å². The molecule has 2 aromatic carbocycles. The van der Waals surface area contributed by atoms with Crippen LogP contribution in [-0.2, 0) is 5.60 Å². The molecule has 0 saturated heterocycles. The largest absolute Gasteiger partial charge is 0.395 e. The summed E-state index contributed by atoms with van der Waals surface area (Å²) in [6.07, 6.45) is 0. The van der Waals surface area contributed by atoms with Crippen molar-refractivity contribution in [2.45, 2.75) is 11.6 Å². The van der Waals surface area contributed by atoms with Crippen LogP contribution in [-0.4, -0.2) is 29.9 Å². The number of nitrogens with one attached hydrogen (secondary N) is 1. The van der Waals surface area contributed by atoms with Crippen LogP contribution < -0.4 is 5.32 Å². The normalized spacial score (nSPS) is 13.2.